The van der Waals surface area contributed by atoms with Crippen molar-refractivity contribution in [1.29, 1.82) is 0 Å². The van der Waals surface area contributed by atoms with Crippen LogP contribution < -0.4 is 10.9 Å². The Balaban J connectivity index is 1.96. The first-order valence-electron chi connectivity index (χ1n) is 7.05. The smallest absolute Gasteiger partial charge is 0.426 e. The van der Waals surface area contributed by atoms with Crippen LogP contribution in [-0.4, -0.2) is 31.8 Å². The van der Waals surface area contributed by atoms with Gasteiger partial charge in [0, 0.05) is 13.0 Å². The third-order valence-electron chi connectivity index (χ3n) is 2.65. The van der Waals surface area contributed by atoms with Crippen molar-refractivity contribution in [2.24, 2.45) is 0 Å². The lowest BCUT2D eigenvalue weighted by atomic mass is 10.2. The fourth-order valence-corrected chi connectivity index (χ4v) is 1.62. The van der Waals surface area contributed by atoms with E-state index in [0.717, 1.165) is 6.42 Å². The van der Waals surface area contributed by atoms with Crippen LogP contribution in [0.1, 0.15) is 25.3 Å². The van der Waals surface area contributed by atoms with E-state index in [9.17, 15) is 9.59 Å². The Kier molecular flexibility index (Phi) is 8.63. The molecular formula is C15H22N2O4. The Hall–Kier alpha value is -2.08. The normalized spacial score (nSPS) is 9.95. The largest absolute Gasteiger partial charge is 0.449 e. The summed E-state index contributed by atoms with van der Waals surface area (Å²) in [7, 11) is 0. The standard InChI is InChI=1S/C15H22N2O4/c1-2-21-15(19)17-16-14(18)9-6-11-20-12-10-13-7-4-3-5-8-13/h3-5,7-8H,2,6,9-12H2,1H3,(H,16,18)(H,17,19). The number of nitrogens with one attached hydrogen (secondary N) is 2. The average Bonchev–Trinajstić information content (AvgIpc) is 2.50. The molecule has 0 aliphatic carbocycles. The summed E-state index contributed by atoms with van der Waals surface area (Å²) in [6.07, 6.45) is 1.09. The molecule has 0 bridgehead atoms. The Labute approximate surface area is 124 Å². The number of rotatable bonds is 8. The lowest BCUT2D eigenvalue weighted by Crippen LogP contribution is -2.41. The van der Waals surface area contributed by atoms with Crippen molar-refractivity contribution in [2.75, 3.05) is 19.8 Å². The van der Waals surface area contributed by atoms with Crippen molar-refractivity contribution in [3.63, 3.8) is 0 Å². The van der Waals surface area contributed by atoms with Gasteiger partial charge in [-0.1, -0.05) is 30.3 Å². The van der Waals surface area contributed by atoms with E-state index < -0.39 is 6.09 Å². The zero-order valence-corrected chi connectivity index (χ0v) is 12.3. The summed E-state index contributed by atoms with van der Waals surface area (Å²) in [5.41, 5.74) is 5.65. The summed E-state index contributed by atoms with van der Waals surface area (Å²) in [4.78, 5) is 22.3. The number of hydrogen-bond donors (Lipinski definition) is 2. The second kappa shape index (κ2) is 10.7. The Morgan fingerprint density at radius 3 is 2.57 bits per heavy atom. The van der Waals surface area contributed by atoms with E-state index in [1.807, 2.05) is 18.2 Å². The lowest BCUT2D eigenvalue weighted by molar-refractivity contribution is -0.122. The molecule has 1 aromatic rings. The van der Waals surface area contributed by atoms with E-state index >= 15 is 0 Å². The predicted molar refractivity (Wildman–Crippen MR) is 78.5 cm³/mol. The van der Waals surface area contributed by atoms with Gasteiger partial charge in [-0.25, -0.2) is 10.2 Å². The summed E-state index contributed by atoms with van der Waals surface area (Å²) in [6, 6.07) is 10.1. The van der Waals surface area contributed by atoms with Crippen LogP contribution in [0, 0.1) is 0 Å². The molecule has 0 heterocycles. The fraction of sp³-hybridized carbons (Fsp3) is 0.467. The van der Waals surface area contributed by atoms with Gasteiger partial charge in [0.05, 0.1) is 13.2 Å². The van der Waals surface area contributed by atoms with Crippen LogP contribution in [0.5, 0.6) is 0 Å². The zero-order valence-electron chi connectivity index (χ0n) is 12.3. The predicted octanol–water partition coefficient (Wildman–Crippen LogP) is 1.80. The Morgan fingerprint density at radius 1 is 1.10 bits per heavy atom. The molecule has 0 radical (unpaired) electrons. The maximum Gasteiger partial charge on any atom is 0.426 e. The molecule has 1 aromatic carbocycles. The first kappa shape index (κ1) is 17.0. The average molecular weight is 294 g/mol. The van der Waals surface area contributed by atoms with Gasteiger partial charge in [-0.2, -0.15) is 0 Å². The highest BCUT2D eigenvalue weighted by Gasteiger charge is 2.04. The van der Waals surface area contributed by atoms with Crippen LogP contribution >= 0.6 is 0 Å². The topological polar surface area (TPSA) is 76.7 Å². The van der Waals surface area contributed by atoms with Crippen LogP contribution in [0.4, 0.5) is 4.79 Å². The summed E-state index contributed by atoms with van der Waals surface area (Å²) < 4.78 is 10.1. The van der Waals surface area contributed by atoms with E-state index in [4.69, 9.17) is 4.74 Å². The number of carbonyl (C=O) groups excluding carboxylic acids is 2. The maximum absolute atomic E-state index is 11.4. The third-order valence-corrected chi connectivity index (χ3v) is 2.65. The molecule has 0 atom stereocenters. The first-order chi connectivity index (χ1) is 10.2. The minimum absolute atomic E-state index is 0.261. The molecule has 0 spiro atoms. The number of amides is 2. The van der Waals surface area contributed by atoms with Gasteiger partial charge in [0.2, 0.25) is 5.91 Å². The van der Waals surface area contributed by atoms with Crippen LogP contribution in [-0.2, 0) is 20.7 Å². The molecule has 0 aromatic heterocycles. The summed E-state index contributed by atoms with van der Waals surface area (Å²) in [6.45, 7) is 3.09. The molecule has 1 rings (SSSR count). The molecule has 2 amide bonds. The highest BCUT2D eigenvalue weighted by molar-refractivity contribution is 5.78. The second-order valence-corrected chi connectivity index (χ2v) is 4.35. The van der Waals surface area contributed by atoms with Crippen molar-refractivity contribution >= 4 is 12.0 Å². The summed E-state index contributed by atoms with van der Waals surface area (Å²) >= 11 is 0. The van der Waals surface area contributed by atoms with Gasteiger partial charge in [0.15, 0.2) is 0 Å². The number of hydrogen-bond acceptors (Lipinski definition) is 4. The maximum atomic E-state index is 11.4. The molecular weight excluding hydrogens is 272 g/mol. The van der Waals surface area contributed by atoms with Gasteiger partial charge in [0.25, 0.3) is 0 Å². The minimum Gasteiger partial charge on any atom is -0.449 e. The first-order valence-corrected chi connectivity index (χ1v) is 7.05. The van der Waals surface area contributed by atoms with Crippen molar-refractivity contribution in [3.05, 3.63) is 35.9 Å². The Morgan fingerprint density at radius 2 is 1.86 bits per heavy atom. The molecule has 0 saturated carbocycles. The molecule has 0 saturated heterocycles. The second-order valence-electron chi connectivity index (χ2n) is 4.35. The van der Waals surface area contributed by atoms with E-state index in [1.165, 1.54) is 5.56 Å². The lowest BCUT2D eigenvalue weighted by Gasteiger charge is -2.07. The molecule has 0 fully saturated rings. The molecule has 116 valence electrons. The molecule has 2 N–H and O–H groups in total. The van der Waals surface area contributed by atoms with E-state index in [0.29, 0.717) is 19.6 Å². The minimum atomic E-state index is -0.662. The molecule has 0 aliphatic rings. The summed E-state index contributed by atoms with van der Waals surface area (Å²) in [5.74, 6) is -0.269. The van der Waals surface area contributed by atoms with E-state index in [1.54, 1.807) is 6.92 Å². The number of benzene rings is 1. The van der Waals surface area contributed by atoms with Gasteiger partial charge in [0.1, 0.15) is 0 Å². The van der Waals surface area contributed by atoms with Gasteiger partial charge in [-0.3, -0.25) is 10.2 Å². The van der Waals surface area contributed by atoms with Crippen molar-refractivity contribution in [3.8, 4) is 0 Å². The molecule has 0 aliphatic heterocycles. The zero-order chi connectivity index (χ0) is 15.3. The molecule has 6 heteroatoms. The quantitative estimate of drug-likeness (QED) is 0.566. The SMILES string of the molecule is CCOC(=O)NNC(=O)CCCOCCc1ccccc1. The van der Waals surface area contributed by atoms with E-state index in [-0.39, 0.29) is 18.9 Å². The number of ether oxygens (including phenoxy) is 2. The summed E-state index contributed by atoms with van der Waals surface area (Å²) in [5, 5.41) is 0. The van der Waals surface area contributed by atoms with E-state index in [2.05, 4.69) is 27.7 Å². The highest BCUT2D eigenvalue weighted by Crippen LogP contribution is 2.00. The fourth-order valence-electron chi connectivity index (χ4n) is 1.62. The van der Waals surface area contributed by atoms with Crippen molar-refractivity contribution in [1.82, 2.24) is 10.9 Å². The van der Waals surface area contributed by atoms with Gasteiger partial charge >= 0.3 is 6.09 Å². The van der Waals surface area contributed by atoms with Crippen molar-refractivity contribution in [2.45, 2.75) is 26.2 Å². The monoisotopic (exact) mass is 294 g/mol. The Bertz CT molecular complexity index is 423. The molecule has 6 nitrogen and oxygen atoms in total. The number of hydrazine groups is 1. The van der Waals surface area contributed by atoms with Crippen LogP contribution in [0.3, 0.4) is 0 Å². The highest BCUT2D eigenvalue weighted by atomic mass is 16.6. The number of carbonyl (C=O) groups is 2. The van der Waals surface area contributed by atoms with Crippen LogP contribution in [0.15, 0.2) is 30.3 Å². The van der Waals surface area contributed by atoms with Gasteiger partial charge < -0.3 is 9.47 Å². The van der Waals surface area contributed by atoms with Crippen LogP contribution in [0.25, 0.3) is 0 Å². The molecule has 0 unspecified atom stereocenters. The van der Waals surface area contributed by atoms with Gasteiger partial charge in [-0.15, -0.1) is 0 Å². The van der Waals surface area contributed by atoms with Crippen LogP contribution in [0.2, 0.25) is 0 Å². The third kappa shape index (κ3) is 8.65. The van der Waals surface area contributed by atoms with Crippen molar-refractivity contribution < 1.29 is 19.1 Å². The van der Waals surface area contributed by atoms with Gasteiger partial charge in [-0.05, 0) is 25.3 Å². The molecule has 21 heavy (non-hydrogen) atoms.